The Morgan fingerprint density at radius 1 is 1.61 bits per heavy atom. The van der Waals surface area contributed by atoms with E-state index in [9.17, 15) is 5.11 Å². The number of hydrogen-bond acceptors (Lipinski definition) is 5. The Kier molecular flexibility index (Phi) is 4.11. The molecule has 1 aliphatic heterocycles. The lowest BCUT2D eigenvalue weighted by atomic mass is 10.2. The number of aliphatic hydroxyl groups is 1. The van der Waals surface area contributed by atoms with Crippen molar-refractivity contribution in [2.24, 2.45) is 5.73 Å². The van der Waals surface area contributed by atoms with Gasteiger partial charge in [0.15, 0.2) is 0 Å². The van der Waals surface area contributed by atoms with Crippen molar-refractivity contribution in [1.29, 1.82) is 0 Å². The SMILES string of the molecule is CC1CN(c2ccc(C(N)=S)nc2)CC(CO)O1. The first-order chi connectivity index (χ1) is 8.60. The van der Waals surface area contributed by atoms with Crippen LogP contribution in [0.2, 0.25) is 0 Å². The van der Waals surface area contributed by atoms with E-state index in [0.717, 1.165) is 12.2 Å². The number of nitrogens with two attached hydrogens (primary N) is 1. The lowest BCUT2D eigenvalue weighted by molar-refractivity contribution is -0.0421. The molecule has 0 spiro atoms. The Morgan fingerprint density at radius 2 is 2.39 bits per heavy atom. The number of ether oxygens (including phenoxy) is 1. The molecule has 0 saturated carbocycles. The van der Waals surface area contributed by atoms with Crippen LogP contribution < -0.4 is 10.6 Å². The summed E-state index contributed by atoms with van der Waals surface area (Å²) in [6, 6.07) is 3.75. The predicted molar refractivity (Wildman–Crippen MR) is 73.8 cm³/mol. The number of aromatic nitrogens is 1. The highest BCUT2D eigenvalue weighted by molar-refractivity contribution is 7.80. The van der Waals surface area contributed by atoms with Crippen LogP contribution >= 0.6 is 12.2 Å². The van der Waals surface area contributed by atoms with Gasteiger partial charge in [-0.2, -0.15) is 0 Å². The number of thiocarbonyl (C=S) groups is 1. The van der Waals surface area contributed by atoms with Crippen molar-refractivity contribution < 1.29 is 9.84 Å². The molecule has 0 bridgehead atoms. The van der Waals surface area contributed by atoms with Gasteiger partial charge in [0.1, 0.15) is 4.99 Å². The molecule has 1 aliphatic rings. The smallest absolute Gasteiger partial charge is 0.122 e. The van der Waals surface area contributed by atoms with Gasteiger partial charge in [0.05, 0.1) is 36.4 Å². The molecule has 3 N–H and O–H groups in total. The van der Waals surface area contributed by atoms with E-state index in [-0.39, 0.29) is 18.8 Å². The topological polar surface area (TPSA) is 71.6 Å². The van der Waals surface area contributed by atoms with Gasteiger partial charge in [0.25, 0.3) is 0 Å². The molecule has 0 radical (unpaired) electrons. The minimum Gasteiger partial charge on any atom is -0.394 e. The van der Waals surface area contributed by atoms with Crippen molar-refractivity contribution in [3.05, 3.63) is 24.0 Å². The Labute approximate surface area is 112 Å². The molecule has 6 heteroatoms. The molecule has 0 aromatic carbocycles. The van der Waals surface area contributed by atoms with Crippen LogP contribution in [0.1, 0.15) is 12.6 Å². The highest BCUT2D eigenvalue weighted by atomic mass is 32.1. The normalized spacial score (nSPS) is 24.0. The first-order valence-corrected chi connectivity index (χ1v) is 6.28. The second kappa shape index (κ2) is 5.60. The van der Waals surface area contributed by atoms with Gasteiger partial charge in [-0.15, -0.1) is 0 Å². The molecule has 2 heterocycles. The molecule has 5 nitrogen and oxygen atoms in total. The maximum absolute atomic E-state index is 9.19. The summed E-state index contributed by atoms with van der Waals surface area (Å²) in [6.45, 7) is 3.46. The van der Waals surface area contributed by atoms with Gasteiger partial charge in [0.2, 0.25) is 0 Å². The lowest BCUT2D eigenvalue weighted by Gasteiger charge is -2.37. The van der Waals surface area contributed by atoms with E-state index in [1.807, 2.05) is 19.1 Å². The van der Waals surface area contributed by atoms with Gasteiger partial charge in [0, 0.05) is 13.1 Å². The fourth-order valence-electron chi connectivity index (χ4n) is 2.08. The molecular formula is C12H17N3O2S. The molecule has 1 aromatic rings. The van der Waals surface area contributed by atoms with Crippen molar-refractivity contribution >= 4 is 22.9 Å². The first kappa shape index (κ1) is 13.2. The molecule has 98 valence electrons. The highest BCUT2D eigenvalue weighted by Gasteiger charge is 2.24. The molecule has 1 saturated heterocycles. The summed E-state index contributed by atoms with van der Waals surface area (Å²) in [6.07, 6.45) is 1.69. The van der Waals surface area contributed by atoms with Crippen molar-refractivity contribution in [3.63, 3.8) is 0 Å². The van der Waals surface area contributed by atoms with Crippen molar-refractivity contribution in [2.45, 2.75) is 19.1 Å². The number of aliphatic hydroxyl groups excluding tert-OH is 1. The maximum atomic E-state index is 9.19. The maximum Gasteiger partial charge on any atom is 0.122 e. The Hall–Kier alpha value is -1.24. The van der Waals surface area contributed by atoms with Crippen molar-refractivity contribution in [2.75, 3.05) is 24.6 Å². The van der Waals surface area contributed by atoms with Crippen LogP contribution in [-0.4, -0.2) is 47.0 Å². The average molecular weight is 267 g/mol. The number of morpholine rings is 1. The molecular weight excluding hydrogens is 250 g/mol. The van der Waals surface area contributed by atoms with E-state index < -0.39 is 0 Å². The number of rotatable bonds is 3. The number of anilines is 1. The molecule has 2 unspecified atom stereocenters. The molecule has 0 aliphatic carbocycles. The fourth-order valence-corrected chi connectivity index (χ4v) is 2.20. The predicted octanol–water partition coefficient (Wildman–Crippen LogP) is 0.302. The van der Waals surface area contributed by atoms with Crippen LogP contribution in [0.25, 0.3) is 0 Å². The summed E-state index contributed by atoms with van der Waals surface area (Å²) in [5.41, 5.74) is 7.12. The first-order valence-electron chi connectivity index (χ1n) is 5.87. The fraction of sp³-hybridized carbons (Fsp3) is 0.500. The molecule has 2 atom stereocenters. The minimum absolute atomic E-state index is 0.0270. The van der Waals surface area contributed by atoms with E-state index in [4.69, 9.17) is 22.7 Å². The van der Waals surface area contributed by atoms with E-state index >= 15 is 0 Å². The van der Waals surface area contributed by atoms with Crippen LogP contribution in [0.3, 0.4) is 0 Å². The zero-order chi connectivity index (χ0) is 13.1. The monoisotopic (exact) mass is 267 g/mol. The Bertz CT molecular complexity index is 424. The van der Waals surface area contributed by atoms with Crippen LogP contribution in [0.5, 0.6) is 0 Å². The van der Waals surface area contributed by atoms with Gasteiger partial charge < -0.3 is 20.5 Å². The van der Waals surface area contributed by atoms with E-state index in [1.54, 1.807) is 6.20 Å². The van der Waals surface area contributed by atoms with Crippen LogP contribution in [-0.2, 0) is 4.74 Å². The summed E-state index contributed by atoms with van der Waals surface area (Å²) < 4.78 is 5.60. The van der Waals surface area contributed by atoms with Gasteiger partial charge >= 0.3 is 0 Å². The summed E-state index contributed by atoms with van der Waals surface area (Å²) in [4.78, 5) is 6.66. The largest absolute Gasteiger partial charge is 0.394 e. The van der Waals surface area contributed by atoms with Crippen molar-refractivity contribution in [3.8, 4) is 0 Å². The van der Waals surface area contributed by atoms with Gasteiger partial charge in [-0.1, -0.05) is 12.2 Å². The van der Waals surface area contributed by atoms with E-state index in [2.05, 4.69) is 9.88 Å². The second-order valence-corrected chi connectivity index (χ2v) is 4.86. The quantitative estimate of drug-likeness (QED) is 0.768. The molecule has 1 fully saturated rings. The third kappa shape index (κ3) is 2.95. The van der Waals surface area contributed by atoms with Crippen LogP contribution in [0.4, 0.5) is 5.69 Å². The van der Waals surface area contributed by atoms with Gasteiger partial charge in [-0.25, -0.2) is 0 Å². The summed E-state index contributed by atoms with van der Waals surface area (Å²) >= 11 is 4.87. The zero-order valence-electron chi connectivity index (χ0n) is 10.2. The minimum atomic E-state index is -0.149. The summed E-state index contributed by atoms with van der Waals surface area (Å²) in [5, 5.41) is 9.19. The van der Waals surface area contributed by atoms with Gasteiger partial charge in [-0.3, -0.25) is 4.98 Å². The molecule has 0 amide bonds. The molecule has 18 heavy (non-hydrogen) atoms. The molecule has 1 aromatic heterocycles. The lowest BCUT2D eigenvalue weighted by Crippen LogP contribution is -2.48. The van der Waals surface area contributed by atoms with E-state index in [1.165, 1.54) is 0 Å². The summed E-state index contributed by atoms with van der Waals surface area (Å²) in [5.74, 6) is 0. The third-order valence-corrected chi connectivity index (χ3v) is 3.10. The third-order valence-electron chi connectivity index (χ3n) is 2.90. The van der Waals surface area contributed by atoms with E-state index in [0.29, 0.717) is 17.2 Å². The zero-order valence-corrected chi connectivity index (χ0v) is 11.1. The number of pyridine rings is 1. The standard InChI is InChI=1S/C12H17N3O2S/c1-8-5-15(6-10(7-16)17-8)9-2-3-11(12(13)18)14-4-9/h2-4,8,10,16H,5-7H2,1H3,(H2,13,18). The average Bonchev–Trinajstić information content (AvgIpc) is 2.38. The second-order valence-electron chi connectivity index (χ2n) is 4.42. The van der Waals surface area contributed by atoms with Gasteiger partial charge in [-0.05, 0) is 19.1 Å². The van der Waals surface area contributed by atoms with Crippen LogP contribution in [0.15, 0.2) is 18.3 Å². The van der Waals surface area contributed by atoms with Crippen molar-refractivity contribution in [1.82, 2.24) is 4.98 Å². The number of hydrogen-bond donors (Lipinski definition) is 2. The molecule has 2 rings (SSSR count). The Balaban J connectivity index is 2.12. The summed E-state index contributed by atoms with van der Waals surface area (Å²) in [7, 11) is 0. The Morgan fingerprint density at radius 3 is 2.94 bits per heavy atom. The highest BCUT2D eigenvalue weighted by Crippen LogP contribution is 2.19. The number of nitrogens with zero attached hydrogens (tertiary/aromatic N) is 2. The van der Waals surface area contributed by atoms with Crippen LogP contribution in [0, 0.1) is 0 Å².